The summed E-state index contributed by atoms with van der Waals surface area (Å²) in [5, 5.41) is 1.23. The average Bonchev–Trinajstić information content (AvgIpc) is 2.16. The van der Waals surface area contributed by atoms with Gasteiger partial charge in [-0.2, -0.15) is 0 Å². The fourth-order valence-corrected chi connectivity index (χ4v) is 2.10. The molecular weight excluding hydrogens is 182 g/mol. The molecule has 0 N–H and O–H groups in total. The van der Waals surface area contributed by atoms with E-state index in [4.69, 9.17) is 0 Å². The number of nitrogens with zero attached hydrogens (tertiary/aromatic N) is 1. The highest BCUT2D eigenvalue weighted by molar-refractivity contribution is 5.82. The fourth-order valence-electron chi connectivity index (χ4n) is 2.10. The van der Waals surface area contributed by atoms with Crippen LogP contribution in [0.1, 0.15) is 31.9 Å². The minimum absolute atomic E-state index is 0.190. The van der Waals surface area contributed by atoms with Gasteiger partial charge in [-0.3, -0.25) is 4.98 Å². The minimum atomic E-state index is 0.190. The van der Waals surface area contributed by atoms with Gasteiger partial charge in [-0.25, -0.2) is 0 Å². The molecule has 0 aliphatic rings. The monoisotopic (exact) mass is 199 g/mol. The van der Waals surface area contributed by atoms with E-state index in [1.807, 2.05) is 12.3 Å². The Morgan fingerprint density at radius 3 is 2.47 bits per heavy atom. The lowest BCUT2D eigenvalue weighted by Gasteiger charge is -2.22. The summed E-state index contributed by atoms with van der Waals surface area (Å²) in [5.74, 6) is 0. The van der Waals surface area contributed by atoms with Crippen LogP contribution in [0.4, 0.5) is 0 Å². The lowest BCUT2D eigenvalue weighted by atomic mass is 9.83. The van der Waals surface area contributed by atoms with Crippen molar-refractivity contribution in [2.45, 2.75) is 33.1 Å². The molecule has 15 heavy (non-hydrogen) atoms. The molecule has 0 fully saturated rings. The van der Waals surface area contributed by atoms with Crippen LogP contribution in [0.2, 0.25) is 0 Å². The van der Waals surface area contributed by atoms with Gasteiger partial charge in [0.1, 0.15) is 0 Å². The molecule has 0 radical (unpaired) electrons. The summed E-state index contributed by atoms with van der Waals surface area (Å²) >= 11 is 0. The van der Waals surface area contributed by atoms with Gasteiger partial charge >= 0.3 is 0 Å². The largest absolute Gasteiger partial charge is 0.256 e. The minimum Gasteiger partial charge on any atom is -0.256 e. The number of aryl methyl sites for hydroxylation is 1. The third-order valence-corrected chi connectivity index (χ3v) is 2.84. The van der Waals surface area contributed by atoms with Crippen molar-refractivity contribution >= 4 is 10.9 Å². The molecule has 0 amide bonds. The quantitative estimate of drug-likeness (QED) is 0.628. The second-order valence-electron chi connectivity index (χ2n) is 5.06. The zero-order valence-electron chi connectivity index (χ0n) is 9.83. The zero-order valence-corrected chi connectivity index (χ0v) is 9.83. The van der Waals surface area contributed by atoms with Crippen LogP contribution in [-0.4, -0.2) is 4.98 Å². The Kier molecular flexibility index (Phi) is 2.26. The van der Waals surface area contributed by atoms with Crippen molar-refractivity contribution in [3.63, 3.8) is 0 Å². The number of benzene rings is 1. The van der Waals surface area contributed by atoms with E-state index in [2.05, 4.69) is 50.9 Å². The van der Waals surface area contributed by atoms with Gasteiger partial charge < -0.3 is 0 Å². The second-order valence-corrected chi connectivity index (χ2v) is 5.06. The molecule has 0 bridgehead atoms. The van der Waals surface area contributed by atoms with Crippen molar-refractivity contribution in [1.29, 1.82) is 0 Å². The van der Waals surface area contributed by atoms with E-state index >= 15 is 0 Å². The molecule has 0 saturated carbocycles. The molecule has 1 heteroatoms. The summed E-state index contributed by atoms with van der Waals surface area (Å²) in [6.07, 6.45) is 1.86. The van der Waals surface area contributed by atoms with Gasteiger partial charge in [0.05, 0.1) is 5.52 Å². The van der Waals surface area contributed by atoms with E-state index in [-0.39, 0.29) is 5.41 Å². The first-order valence-corrected chi connectivity index (χ1v) is 5.35. The van der Waals surface area contributed by atoms with Crippen molar-refractivity contribution in [3.8, 4) is 0 Å². The molecular formula is C14H17N. The third-order valence-electron chi connectivity index (χ3n) is 2.84. The molecule has 1 aromatic heterocycles. The smallest absolute Gasteiger partial charge is 0.0734 e. The summed E-state index contributed by atoms with van der Waals surface area (Å²) in [4.78, 5) is 4.45. The highest BCUT2D eigenvalue weighted by Gasteiger charge is 2.17. The lowest BCUT2D eigenvalue weighted by Crippen LogP contribution is -2.13. The molecule has 0 spiro atoms. The Morgan fingerprint density at radius 2 is 1.80 bits per heavy atom. The first kappa shape index (κ1) is 10.2. The summed E-state index contributed by atoms with van der Waals surface area (Å²) in [6.45, 7) is 8.88. The first-order chi connectivity index (χ1) is 7.00. The Hall–Kier alpha value is -1.37. The number of aromatic nitrogens is 1. The molecule has 2 rings (SSSR count). The Morgan fingerprint density at radius 1 is 1.07 bits per heavy atom. The molecule has 0 atom stereocenters. The second kappa shape index (κ2) is 3.34. The topological polar surface area (TPSA) is 12.9 Å². The van der Waals surface area contributed by atoms with Crippen molar-refractivity contribution in [2.24, 2.45) is 0 Å². The van der Waals surface area contributed by atoms with E-state index in [1.54, 1.807) is 0 Å². The number of rotatable bonds is 0. The van der Waals surface area contributed by atoms with Crippen molar-refractivity contribution < 1.29 is 0 Å². The Balaban J connectivity index is 2.76. The average molecular weight is 199 g/mol. The predicted molar refractivity (Wildman–Crippen MR) is 65.2 cm³/mol. The van der Waals surface area contributed by atoms with Gasteiger partial charge in [0.15, 0.2) is 0 Å². The summed E-state index contributed by atoms with van der Waals surface area (Å²) in [5.41, 5.74) is 4.01. The maximum absolute atomic E-state index is 4.45. The van der Waals surface area contributed by atoms with Crippen molar-refractivity contribution in [1.82, 2.24) is 4.98 Å². The Labute approximate surface area is 91.2 Å². The van der Waals surface area contributed by atoms with Crippen LogP contribution in [-0.2, 0) is 5.41 Å². The molecule has 0 aliphatic carbocycles. The SMILES string of the molecule is Cc1c(C(C)(C)C)ccc2cccnc12. The highest BCUT2D eigenvalue weighted by Crippen LogP contribution is 2.29. The molecule has 0 unspecified atom stereocenters. The van der Waals surface area contributed by atoms with Gasteiger partial charge in [-0.05, 0) is 29.5 Å². The van der Waals surface area contributed by atoms with E-state index in [1.165, 1.54) is 16.5 Å². The third kappa shape index (κ3) is 1.74. The predicted octanol–water partition coefficient (Wildman–Crippen LogP) is 3.84. The number of fused-ring (bicyclic) bond motifs is 1. The maximum atomic E-state index is 4.45. The molecule has 1 aromatic carbocycles. The number of hydrogen-bond acceptors (Lipinski definition) is 1. The highest BCUT2D eigenvalue weighted by atomic mass is 14.6. The molecule has 2 aromatic rings. The van der Waals surface area contributed by atoms with Crippen LogP contribution >= 0.6 is 0 Å². The van der Waals surface area contributed by atoms with E-state index < -0.39 is 0 Å². The normalized spacial score (nSPS) is 12.0. The number of pyridine rings is 1. The van der Waals surface area contributed by atoms with E-state index in [0.717, 1.165) is 5.52 Å². The van der Waals surface area contributed by atoms with Crippen LogP contribution in [0.25, 0.3) is 10.9 Å². The number of hydrogen-bond donors (Lipinski definition) is 0. The van der Waals surface area contributed by atoms with E-state index in [0.29, 0.717) is 0 Å². The standard InChI is InChI=1S/C14H17N/c1-10-12(14(2,3)4)8-7-11-6-5-9-15-13(10)11/h5-9H,1-4H3. The maximum Gasteiger partial charge on any atom is 0.0734 e. The van der Waals surface area contributed by atoms with Gasteiger partial charge in [0.2, 0.25) is 0 Å². The van der Waals surface area contributed by atoms with Crippen LogP contribution in [0, 0.1) is 6.92 Å². The van der Waals surface area contributed by atoms with E-state index in [9.17, 15) is 0 Å². The fraction of sp³-hybridized carbons (Fsp3) is 0.357. The summed E-state index contributed by atoms with van der Waals surface area (Å²) < 4.78 is 0. The van der Waals surface area contributed by atoms with Gasteiger partial charge in [-0.1, -0.05) is 39.0 Å². The van der Waals surface area contributed by atoms with Crippen molar-refractivity contribution in [3.05, 3.63) is 41.6 Å². The summed E-state index contributed by atoms with van der Waals surface area (Å²) in [7, 11) is 0. The van der Waals surface area contributed by atoms with Gasteiger partial charge in [0.25, 0.3) is 0 Å². The van der Waals surface area contributed by atoms with Crippen LogP contribution < -0.4 is 0 Å². The molecule has 1 nitrogen and oxygen atoms in total. The zero-order chi connectivity index (χ0) is 11.1. The van der Waals surface area contributed by atoms with Gasteiger partial charge in [0, 0.05) is 11.6 Å². The molecule has 78 valence electrons. The summed E-state index contributed by atoms with van der Waals surface area (Å²) in [6, 6.07) is 8.48. The molecule has 0 aliphatic heterocycles. The van der Waals surface area contributed by atoms with Crippen LogP contribution in [0.5, 0.6) is 0 Å². The van der Waals surface area contributed by atoms with Crippen molar-refractivity contribution in [2.75, 3.05) is 0 Å². The van der Waals surface area contributed by atoms with Gasteiger partial charge in [-0.15, -0.1) is 0 Å². The van der Waals surface area contributed by atoms with Crippen LogP contribution in [0.3, 0.4) is 0 Å². The lowest BCUT2D eigenvalue weighted by molar-refractivity contribution is 0.587. The molecule has 0 saturated heterocycles. The van der Waals surface area contributed by atoms with Crippen LogP contribution in [0.15, 0.2) is 30.5 Å². The molecule has 1 heterocycles. The first-order valence-electron chi connectivity index (χ1n) is 5.35. The Bertz CT molecular complexity index is 492.